The maximum Gasteiger partial charge on any atom is 1.00 e. The van der Waals surface area contributed by atoms with Crippen molar-refractivity contribution < 1.29 is 79.3 Å². The second-order valence-corrected chi connectivity index (χ2v) is 30.5. The molecule has 0 aliphatic carbocycles. The Kier molecular flexibility index (Phi) is 78.7. The first kappa shape index (κ1) is 133. The molecule has 130 heavy (non-hydrogen) atoms. The van der Waals surface area contributed by atoms with Crippen LogP contribution in [0.2, 0.25) is 5.15 Å². The van der Waals surface area contributed by atoms with Crippen LogP contribution >= 0.6 is 43.5 Å². The molecule has 0 amide bonds. The van der Waals surface area contributed by atoms with E-state index in [-0.39, 0.29) is 80.6 Å². The van der Waals surface area contributed by atoms with Gasteiger partial charge in [-0.05, 0) is 234 Å². The molecule has 0 spiro atoms. The van der Waals surface area contributed by atoms with E-state index in [9.17, 15) is 45.5 Å². The molecule has 0 aliphatic rings. The van der Waals surface area contributed by atoms with E-state index in [1.807, 2.05) is 271 Å². The number of rotatable bonds is 23. The molecular weight excluding hydrogens is 1800 g/mol. The van der Waals surface area contributed by atoms with Gasteiger partial charge in [-0.2, -0.15) is 26.3 Å². The number of aromatic nitrogens is 5. The van der Waals surface area contributed by atoms with E-state index in [4.69, 9.17) is 26.8 Å². The topological polar surface area (TPSA) is 207 Å². The number of esters is 2. The number of ketones is 2. The van der Waals surface area contributed by atoms with Crippen molar-refractivity contribution in [2.45, 2.75) is 278 Å². The number of carbonyl (C=O) groups excluding carboxylic acids is 4. The fourth-order valence-electron chi connectivity index (χ4n) is 11.6. The predicted molar refractivity (Wildman–Crippen MR) is 532 cm³/mol. The van der Waals surface area contributed by atoms with Crippen molar-refractivity contribution in [1.29, 1.82) is 0 Å². The largest absolute Gasteiger partial charge is 1.00 e. The Morgan fingerprint density at radius 1 is 0.392 bits per heavy atom. The summed E-state index contributed by atoms with van der Waals surface area (Å²) in [5, 5.41) is 0.197. The summed E-state index contributed by atoms with van der Waals surface area (Å²) in [6.07, 6.45) is 12.2. The van der Waals surface area contributed by atoms with Gasteiger partial charge in [0.1, 0.15) is 16.4 Å². The number of alkyl halides is 6. The van der Waals surface area contributed by atoms with Gasteiger partial charge in [-0.15, -0.1) is 37.0 Å². The first-order chi connectivity index (χ1) is 59.9. The molecule has 23 heteroatoms. The molecule has 5 aromatic carbocycles. The Hall–Kier alpha value is -9.84. The molecule has 0 saturated carbocycles. The Morgan fingerprint density at radius 3 is 0.892 bits per heavy atom. The normalized spacial score (nSPS) is 10.9. The Balaban J connectivity index is -0.000000276. The van der Waals surface area contributed by atoms with Crippen molar-refractivity contribution in [3.63, 3.8) is 0 Å². The van der Waals surface area contributed by atoms with Crippen LogP contribution in [-0.4, -0.2) is 77.5 Å². The van der Waals surface area contributed by atoms with Crippen LogP contribution in [0.25, 0.3) is 0 Å². The minimum Gasteiger partial charge on any atom is -0.870 e. The van der Waals surface area contributed by atoms with E-state index in [0.29, 0.717) is 36.2 Å². The molecule has 5 atom stereocenters. The first-order valence-corrected chi connectivity index (χ1v) is 44.2. The van der Waals surface area contributed by atoms with Crippen LogP contribution in [0.3, 0.4) is 0 Å². The number of nitrogens with two attached hydrogens (primary N) is 1. The van der Waals surface area contributed by atoms with Crippen molar-refractivity contribution in [3.05, 3.63) is 324 Å². The van der Waals surface area contributed by atoms with E-state index in [1.54, 1.807) is 82.0 Å². The van der Waals surface area contributed by atoms with Gasteiger partial charge in [0.25, 0.3) is 0 Å². The van der Waals surface area contributed by atoms with Gasteiger partial charge in [-0.1, -0.05) is 266 Å². The molecule has 3 N–H and O–H groups in total. The monoisotopic (exact) mass is 1940 g/mol. The molecule has 0 fully saturated rings. The van der Waals surface area contributed by atoms with Crippen molar-refractivity contribution in [1.82, 2.24) is 24.9 Å². The van der Waals surface area contributed by atoms with E-state index in [2.05, 4.69) is 130 Å². The van der Waals surface area contributed by atoms with Gasteiger partial charge < -0.3 is 20.7 Å². The van der Waals surface area contributed by atoms with Crippen LogP contribution in [0.15, 0.2) is 246 Å². The van der Waals surface area contributed by atoms with Crippen molar-refractivity contribution in [2.75, 3.05) is 0 Å². The molecule has 10 aromatic rings. The van der Waals surface area contributed by atoms with Crippen LogP contribution in [0.1, 0.15) is 275 Å². The summed E-state index contributed by atoms with van der Waals surface area (Å²) in [5.41, 5.74) is 16.9. The van der Waals surface area contributed by atoms with Crippen LogP contribution in [0, 0.1) is 57.8 Å². The summed E-state index contributed by atoms with van der Waals surface area (Å²) in [7, 11) is 0. The summed E-state index contributed by atoms with van der Waals surface area (Å²) in [4.78, 5) is 69.0. The van der Waals surface area contributed by atoms with Gasteiger partial charge >= 0.3 is 43.2 Å². The van der Waals surface area contributed by atoms with Gasteiger partial charge in [-0.3, -0.25) is 39.1 Å². The Labute approximate surface area is 810 Å². The average molecular weight is 1940 g/mol. The van der Waals surface area contributed by atoms with Gasteiger partial charge in [0.05, 0.1) is 30.3 Å². The third-order valence-corrected chi connectivity index (χ3v) is 18.2. The fourth-order valence-corrected chi connectivity index (χ4v) is 12.9. The van der Waals surface area contributed by atoms with Gasteiger partial charge in [0, 0.05) is 87.3 Å². The number of Topliss-reactive ketones (excluding diaryl/α,β-unsaturated/α-hetero) is 2. The number of halogens is 9. The predicted octanol–water partition coefficient (Wildman–Crippen LogP) is 26.7. The second-order valence-electron chi connectivity index (χ2n) is 28.5. The van der Waals surface area contributed by atoms with Crippen LogP contribution in [0.5, 0.6) is 0 Å². The third-order valence-electron chi connectivity index (χ3n) is 16.7. The third kappa shape index (κ3) is 58.7. The molecule has 0 unspecified atom stereocenters. The molecule has 13 nitrogen and oxygen atoms in total. The molecule has 5 aromatic heterocycles. The number of pyridine rings is 5. The zero-order chi connectivity index (χ0) is 96.4. The summed E-state index contributed by atoms with van der Waals surface area (Å²) >= 11 is 12.9. The average Bonchev–Trinajstić information content (AvgIpc) is 0.927. The minimum absolute atomic E-state index is 0. The number of hydrogen-bond acceptors (Lipinski definition) is 13. The summed E-state index contributed by atoms with van der Waals surface area (Å²) in [5.74, 6) is 2.51. The van der Waals surface area contributed by atoms with Crippen molar-refractivity contribution >= 4 is 67.0 Å². The maximum absolute atomic E-state index is 12.6. The molecule has 0 saturated heterocycles. The quantitative estimate of drug-likeness (QED) is 0.0208. The van der Waals surface area contributed by atoms with Crippen LogP contribution in [0.4, 0.5) is 26.3 Å². The smallest absolute Gasteiger partial charge is 0.870 e. The fraction of sp³-hybridized carbons (Fsp3) is 0.393. The van der Waals surface area contributed by atoms with Gasteiger partial charge in [0.15, 0.2) is 0 Å². The molecular formula is C107H142Br2ClF6LiN6O7. The molecule has 0 bridgehead atoms. The molecule has 0 radical (unpaired) electrons. The number of hydrogen-bond donors (Lipinski definition) is 1. The van der Waals surface area contributed by atoms with E-state index >= 15 is 0 Å². The summed E-state index contributed by atoms with van der Waals surface area (Å²) in [6.45, 7) is 42.2. The van der Waals surface area contributed by atoms with Crippen LogP contribution < -0.4 is 24.6 Å². The van der Waals surface area contributed by atoms with Crippen molar-refractivity contribution in [2.24, 2.45) is 5.73 Å². The zero-order valence-electron chi connectivity index (χ0n) is 79.1. The van der Waals surface area contributed by atoms with Gasteiger partial charge in [0.2, 0.25) is 11.6 Å². The van der Waals surface area contributed by atoms with Crippen molar-refractivity contribution in [3.8, 4) is 37.0 Å². The van der Waals surface area contributed by atoms with E-state index in [0.717, 1.165) is 67.5 Å². The Bertz CT molecular complexity index is 4600. The van der Waals surface area contributed by atoms with Gasteiger partial charge in [-0.25, -0.2) is 4.98 Å². The van der Waals surface area contributed by atoms with E-state index in [1.165, 1.54) is 16.7 Å². The number of benzene rings is 5. The summed E-state index contributed by atoms with van der Waals surface area (Å²) in [6, 6.07) is 67.1. The molecule has 706 valence electrons. The number of carbonyl (C=O) groups is 4. The number of terminal acetylenes is 2. The maximum atomic E-state index is 12.6. The number of aryl methyl sites for hydroxylation is 3. The summed E-state index contributed by atoms with van der Waals surface area (Å²) < 4.78 is 88.6. The standard InChI is InChI=1S/C20H25NO2.C19H22BrNO2.C17H15ClF3NO.C17H16F3NO.C13H13BrN2.C4H6.C3H4.5C2H6.C2H2.2CH4.Li.H2O/c1-15-9-8-12-21-19(15)17(13-16-10-6-5-7-11-16)14-18(22)23-20(2,3)4;1-19(2,3)23-17(22)13-15(12-14-8-5-4-6-9-14)18-16(20)10-7-11-21-18;1-11-7-8-15(18)22-16(11)13(10-14(23)17(19,20)21)9-12-5-3-2-4-6-12;1-12-6-5-9-21-16(12)14(11-15(22)17(18,19)20)10-13-7-3-2-4-8-13;14-11-7-4-8-16-13(11)12(15)9-10-5-2-1-3-6-10;1-3-4-2;1-3-2;6*1-2;;;;/h5-12,17H,13-14H2,1-4H3;4-11,15H,12-13H2,1-3H3;2-8,13H,9-10H2,1H3;2-9,14H,10-11H2,1H3;1-8,12H,9,15H2;1-2H3;1H,2H3;5*1-2H3;1-2H;2*1H4;;1H2/q;;;;;;;;;;;;;;;+1;/p-1/t17-;15-;13-;14-;12-;;;;;;;;;;;;/m11110............/s1. The molecule has 10 rings (SSSR count). The first-order valence-electron chi connectivity index (χ1n) is 42.2. The second kappa shape index (κ2) is 76.8. The Morgan fingerprint density at radius 2 is 0.631 bits per heavy atom. The van der Waals surface area contributed by atoms with Crippen LogP contribution in [-0.2, 0) is 60.8 Å². The van der Waals surface area contributed by atoms with E-state index < -0.39 is 59.8 Å². The minimum atomic E-state index is -4.85. The number of nitrogens with zero attached hydrogens (tertiary/aromatic N) is 5. The molecule has 0 aliphatic heterocycles. The molecule has 5 heterocycles. The zero-order valence-corrected chi connectivity index (χ0v) is 83.0. The number of ether oxygens (including phenoxy) is 2. The SMILES string of the molecule is C.C.C#C.C#CC.CC.CC.CC.CC.CC.CC#CC.CC(C)(C)OC(=O)C[C@@H](Cc1ccccc1)c1ncccc1Br.Cc1ccc(Cl)nc1[C@@H](CC(=O)C(F)(F)F)Cc1ccccc1.Cc1cccnc1[C@@H](CC(=O)C(F)(F)F)Cc1ccccc1.Cc1cccnc1[C@@H](CC(=O)OC(C)(C)C)Cc1ccccc1.N[C@@H](Cc1ccccc1)c1ncccc1Br.[Li+].[OH-].